The molecule has 0 saturated heterocycles. The number of benzene rings is 1. The van der Waals surface area contributed by atoms with E-state index in [0.29, 0.717) is 23.0 Å². The van der Waals surface area contributed by atoms with Gasteiger partial charge in [-0.1, -0.05) is 37.8 Å². The van der Waals surface area contributed by atoms with E-state index in [1.807, 2.05) is 0 Å². The highest BCUT2D eigenvalue weighted by molar-refractivity contribution is 6.30. The predicted octanol–water partition coefficient (Wildman–Crippen LogP) is 4.16. The number of nitro groups is 1. The fourth-order valence-electron chi connectivity index (χ4n) is 2.94. The third kappa shape index (κ3) is 3.93. The molecule has 110 valence electrons. The highest BCUT2D eigenvalue weighted by Gasteiger charge is 2.21. The van der Waals surface area contributed by atoms with E-state index in [1.165, 1.54) is 31.7 Å². The summed E-state index contributed by atoms with van der Waals surface area (Å²) in [7, 11) is 0. The van der Waals surface area contributed by atoms with Crippen molar-refractivity contribution in [2.45, 2.75) is 39.2 Å². The molecule has 2 rings (SSSR count). The Balaban J connectivity index is 1.92. The summed E-state index contributed by atoms with van der Waals surface area (Å²) in [6.45, 7) is 3.76. The van der Waals surface area contributed by atoms with E-state index in [-0.39, 0.29) is 10.6 Å². The molecule has 0 radical (unpaired) electrons. The van der Waals surface area contributed by atoms with Gasteiger partial charge < -0.3 is 5.32 Å². The van der Waals surface area contributed by atoms with Gasteiger partial charge in [0.15, 0.2) is 0 Å². The zero-order valence-electron chi connectivity index (χ0n) is 11.8. The molecule has 0 amide bonds. The number of nitrogens with zero attached hydrogens (tertiary/aromatic N) is 1. The SMILES string of the molecule is CC1CCCCC1CNCc1ccc(Cl)cc1[N+](=O)[O-]. The summed E-state index contributed by atoms with van der Waals surface area (Å²) in [5.74, 6) is 1.44. The Kier molecular flexibility index (Phi) is 5.38. The Morgan fingerprint density at radius 2 is 2.15 bits per heavy atom. The quantitative estimate of drug-likeness (QED) is 0.655. The molecule has 1 aliphatic carbocycles. The maximum absolute atomic E-state index is 11.0. The third-order valence-electron chi connectivity index (χ3n) is 4.26. The van der Waals surface area contributed by atoms with Crippen LogP contribution in [0.4, 0.5) is 5.69 Å². The van der Waals surface area contributed by atoms with Crippen LogP contribution in [0, 0.1) is 22.0 Å². The smallest absolute Gasteiger partial charge is 0.275 e. The number of hydrogen-bond donors (Lipinski definition) is 1. The number of hydrogen-bond acceptors (Lipinski definition) is 3. The van der Waals surface area contributed by atoms with Crippen molar-refractivity contribution in [3.05, 3.63) is 38.9 Å². The molecule has 4 nitrogen and oxygen atoms in total. The van der Waals surface area contributed by atoms with Crippen molar-refractivity contribution >= 4 is 17.3 Å². The molecule has 1 N–H and O–H groups in total. The van der Waals surface area contributed by atoms with Crippen molar-refractivity contribution in [2.75, 3.05) is 6.54 Å². The van der Waals surface area contributed by atoms with Crippen LogP contribution in [0.3, 0.4) is 0 Å². The van der Waals surface area contributed by atoms with Crippen molar-refractivity contribution in [2.24, 2.45) is 11.8 Å². The van der Waals surface area contributed by atoms with Crippen LogP contribution < -0.4 is 5.32 Å². The summed E-state index contributed by atoms with van der Waals surface area (Å²) in [4.78, 5) is 10.6. The van der Waals surface area contributed by atoms with Gasteiger partial charge in [-0.25, -0.2) is 0 Å². The van der Waals surface area contributed by atoms with E-state index >= 15 is 0 Å². The summed E-state index contributed by atoms with van der Waals surface area (Å²) in [6, 6.07) is 4.86. The van der Waals surface area contributed by atoms with Crippen LogP contribution in [0.25, 0.3) is 0 Å². The summed E-state index contributed by atoms with van der Waals surface area (Å²) in [5, 5.41) is 14.8. The maximum atomic E-state index is 11.0. The first kappa shape index (κ1) is 15.3. The van der Waals surface area contributed by atoms with E-state index in [0.717, 1.165) is 12.5 Å². The van der Waals surface area contributed by atoms with Crippen LogP contribution in [-0.4, -0.2) is 11.5 Å². The van der Waals surface area contributed by atoms with Gasteiger partial charge in [0.25, 0.3) is 5.69 Å². The first-order valence-corrected chi connectivity index (χ1v) is 7.59. The van der Waals surface area contributed by atoms with Gasteiger partial charge in [-0.3, -0.25) is 10.1 Å². The standard InChI is InChI=1S/C15H21ClN2O2/c1-11-4-2-3-5-12(11)9-17-10-13-6-7-14(16)8-15(13)18(19)20/h6-8,11-12,17H,2-5,9-10H2,1H3. The molecular weight excluding hydrogens is 276 g/mol. The molecule has 0 spiro atoms. The van der Waals surface area contributed by atoms with Crippen molar-refractivity contribution in [1.29, 1.82) is 0 Å². The minimum Gasteiger partial charge on any atom is -0.312 e. The Hall–Kier alpha value is -1.13. The Morgan fingerprint density at radius 3 is 2.85 bits per heavy atom. The largest absolute Gasteiger partial charge is 0.312 e. The van der Waals surface area contributed by atoms with Gasteiger partial charge in [0.1, 0.15) is 0 Å². The minimum atomic E-state index is -0.369. The van der Waals surface area contributed by atoms with Crippen LogP contribution in [-0.2, 0) is 6.54 Å². The van der Waals surface area contributed by atoms with Crippen LogP contribution in [0.15, 0.2) is 18.2 Å². The van der Waals surface area contributed by atoms with Crippen molar-refractivity contribution in [3.63, 3.8) is 0 Å². The Bertz CT molecular complexity index is 479. The average molecular weight is 297 g/mol. The Morgan fingerprint density at radius 1 is 1.40 bits per heavy atom. The summed E-state index contributed by atoms with van der Waals surface area (Å²) in [6.07, 6.45) is 5.20. The molecule has 0 aromatic heterocycles. The highest BCUT2D eigenvalue weighted by Crippen LogP contribution is 2.29. The highest BCUT2D eigenvalue weighted by atomic mass is 35.5. The Labute approximate surface area is 124 Å². The normalized spacial score (nSPS) is 22.7. The van der Waals surface area contributed by atoms with Crippen molar-refractivity contribution < 1.29 is 4.92 Å². The van der Waals surface area contributed by atoms with Gasteiger partial charge in [-0.15, -0.1) is 0 Å². The summed E-state index contributed by atoms with van der Waals surface area (Å²) < 4.78 is 0. The van der Waals surface area contributed by atoms with Gasteiger partial charge in [-0.2, -0.15) is 0 Å². The van der Waals surface area contributed by atoms with E-state index in [2.05, 4.69) is 12.2 Å². The lowest BCUT2D eigenvalue weighted by Gasteiger charge is -2.28. The molecule has 1 aliphatic rings. The van der Waals surface area contributed by atoms with E-state index in [4.69, 9.17) is 11.6 Å². The van der Waals surface area contributed by atoms with Crippen LogP contribution in [0.2, 0.25) is 5.02 Å². The van der Waals surface area contributed by atoms with E-state index < -0.39 is 0 Å². The minimum absolute atomic E-state index is 0.0988. The molecule has 0 bridgehead atoms. The number of nitro benzene ring substituents is 1. The molecular formula is C15H21ClN2O2. The molecule has 5 heteroatoms. The second-order valence-corrected chi connectivity index (χ2v) is 6.12. The lowest BCUT2D eigenvalue weighted by Crippen LogP contribution is -2.29. The van der Waals surface area contributed by atoms with E-state index in [9.17, 15) is 10.1 Å². The maximum Gasteiger partial charge on any atom is 0.275 e. The number of halogens is 1. The predicted molar refractivity (Wildman–Crippen MR) is 80.9 cm³/mol. The molecule has 2 atom stereocenters. The molecule has 1 aromatic carbocycles. The van der Waals surface area contributed by atoms with E-state index in [1.54, 1.807) is 12.1 Å². The molecule has 1 fully saturated rings. The first-order valence-electron chi connectivity index (χ1n) is 7.21. The van der Waals surface area contributed by atoms with Crippen molar-refractivity contribution in [3.8, 4) is 0 Å². The van der Waals surface area contributed by atoms with Crippen LogP contribution in [0.5, 0.6) is 0 Å². The third-order valence-corrected chi connectivity index (χ3v) is 4.49. The second-order valence-electron chi connectivity index (χ2n) is 5.68. The van der Waals surface area contributed by atoms with Crippen molar-refractivity contribution in [1.82, 2.24) is 5.32 Å². The van der Waals surface area contributed by atoms with Gasteiger partial charge in [0, 0.05) is 23.2 Å². The summed E-state index contributed by atoms with van der Waals surface area (Å²) >= 11 is 5.81. The molecule has 1 saturated carbocycles. The fraction of sp³-hybridized carbons (Fsp3) is 0.600. The first-order chi connectivity index (χ1) is 9.58. The second kappa shape index (κ2) is 7.04. The van der Waals surface area contributed by atoms with Gasteiger partial charge in [0.2, 0.25) is 0 Å². The van der Waals surface area contributed by atoms with Crippen LogP contribution in [0.1, 0.15) is 38.2 Å². The van der Waals surface area contributed by atoms with Gasteiger partial charge in [-0.05, 0) is 36.9 Å². The lowest BCUT2D eigenvalue weighted by atomic mass is 9.80. The zero-order valence-corrected chi connectivity index (χ0v) is 12.5. The van der Waals surface area contributed by atoms with Crippen LogP contribution >= 0.6 is 11.6 Å². The van der Waals surface area contributed by atoms with Gasteiger partial charge in [0.05, 0.1) is 4.92 Å². The summed E-state index contributed by atoms with van der Waals surface area (Å²) in [5.41, 5.74) is 0.796. The number of nitrogens with one attached hydrogen (secondary N) is 1. The zero-order chi connectivity index (χ0) is 14.5. The van der Waals surface area contributed by atoms with Gasteiger partial charge >= 0.3 is 0 Å². The molecule has 0 heterocycles. The molecule has 1 aromatic rings. The topological polar surface area (TPSA) is 55.2 Å². The monoisotopic (exact) mass is 296 g/mol. The molecule has 20 heavy (non-hydrogen) atoms. The molecule has 0 aliphatic heterocycles. The fourth-order valence-corrected chi connectivity index (χ4v) is 3.11. The number of rotatable bonds is 5. The lowest BCUT2D eigenvalue weighted by molar-refractivity contribution is -0.385. The average Bonchev–Trinajstić information content (AvgIpc) is 2.42. The molecule has 2 unspecified atom stereocenters.